The zero-order valence-electron chi connectivity index (χ0n) is 7.13. The van der Waals surface area contributed by atoms with Crippen molar-refractivity contribution in [2.24, 2.45) is 0 Å². The van der Waals surface area contributed by atoms with Gasteiger partial charge >= 0.3 is 0 Å². The summed E-state index contributed by atoms with van der Waals surface area (Å²) in [6.45, 7) is 0. The predicted molar refractivity (Wildman–Crippen MR) is 48.1 cm³/mol. The highest BCUT2D eigenvalue weighted by atomic mass is 15.1. The minimum atomic E-state index is 0.899. The number of hydrogen-bond donors (Lipinski definition) is 1. The largest absolute Gasteiger partial charge is 0.378 e. The number of pyridine rings is 1. The number of rotatable bonds is 2. The van der Waals surface area contributed by atoms with E-state index < -0.39 is 0 Å². The Balaban J connectivity index is 2.91. The number of aromatic nitrogens is 1. The third kappa shape index (κ3) is 1.83. The van der Waals surface area contributed by atoms with Crippen LogP contribution >= 0.6 is 0 Å². The molecule has 3 heteroatoms. The van der Waals surface area contributed by atoms with Crippen molar-refractivity contribution in [3.63, 3.8) is 0 Å². The van der Waals surface area contributed by atoms with Crippen molar-refractivity contribution in [2.75, 3.05) is 31.4 Å². The lowest BCUT2D eigenvalue weighted by molar-refractivity contribution is 1.12. The van der Waals surface area contributed by atoms with E-state index in [1.54, 1.807) is 6.20 Å². The first-order chi connectivity index (χ1) is 5.24. The Labute approximate surface area is 67.1 Å². The molecule has 0 fully saturated rings. The summed E-state index contributed by atoms with van der Waals surface area (Å²) in [5, 5.41) is 2.98. The third-order valence-corrected chi connectivity index (χ3v) is 1.52. The fourth-order valence-electron chi connectivity index (χ4n) is 0.834. The van der Waals surface area contributed by atoms with Gasteiger partial charge in [0.2, 0.25) is 0 Å². The molecule has 60 valence electrons. The fraction of sp³-hybridized carbons (Fsp3) is 0.375. The van der Waals surface area contributed by atoms with Crippen molar-refractivity contribution in [2.45, 2.75) is 0 Å². The van der Waals surface area contributed by atoms with Crippen LogP contribution in [0.4, 0.5) is 11.5 Å². The van der Waals surface area contributed by atoms with E-state index in [0.717, 1.165) is 11.5 Å². The molecule has 0 aliphatic rings. The molecule has 0 radical (unpaired) electrons. The van der Waals surface area contributed by atoms with Crippen LogP contribution in [0.2, 0.25) is 0 Å². The Hall–Kier alpha value is -1.25. The topological polar surface area (TPSA) is 28.2 Å². The van der Waals surface area contributed by atoms with Gasteiger partial charge in [0.25, 0.3) is 0 Å². The van der Waals surface area contributed by atoms with Crippen LogP contribution in [0.15, 0.2) is 18.3 Å². The van der Waals surface area contributed by atoms with E-state index >= 15 is 0 Å². The molecule has 0 saturated heterocycles. The van der Waals surface area contributed by atoms with Gasteiger partial charge in [-0.25, -0.2) is 4.98 Å². The van der Waals surface area contributed by atoms with Gasteiger partial charge in [-0.2, -0.15) is 0 Å². The second kappa shape index (κ2) is 3.23. The molecule has 11 heavy (non-hydrogen) atoms. The molecule has 1 aromatic heterocycles. The van der Waals surface area contributed by atoms with Crippen LogP contribution in [0.3, 0.4) is 0 Å². The highest BCUT2D eigenvalue weighted by Crippen LogP contribution is 2.13. The van der Waals surface area contributed by atoms with Crippen LogP contribution in [0.1, 0.15) is 0 Å². The molecule has 0 amide bonds. The summed E-state index contributed by atoms with van der Waals surface area (Å²) in [6, 6.07) is 3.97. The SMILES string of the molecule is CNc1cc(N(C)C)ccn1. The average Bonchev–Trinajstić information content (AvgIpc) is 2.05. The summed E-state index contributed by atoms with van der Waals surface area (Å²) in [5.41, 5.74) is 1.16. The highest BCUT2D eigenvalue weighted by Gasteiger charge is 1.95. The first-order valence-electron chi connectivity index (χ1n) is 3.55. The quantitative estimate of drug-likeness (QED) is 0.688. The van der Waals surface area contributed by atoms with Gasteiger partial charge in [-0.3, -0.25) is 0 Å². The van der Waals surface area contributed by atoms with Crippen LogP contribution in [0.5, 0.6) is 0 Å². The lowest BCUT2D eigenvalue weighted by Crippen LogP contribution is -2.08. The summed E-state index contributed by atoms with van der Waals surface area (Å²) in [7, 11) is 5.88. The van der Waals surface area contributed by atoms with Gasteiger partial charge < -0.3 is 10.2 Å². The van der Waals surface area contributed by atoms with Crippen LogP contribution < -0.4 is 10.2 Å². The molecule has 0 saturated carbocycles. The van der Waals surface area contributed by atoms with Gasteiger partial charge in [0.05, 0.1) is 0 Å². The lowest BCUT2D eigenvalue weighted by atomic mass is 10.3. The standard InChI is InChI=1S/C8H13N3/c1-9-8-6-7(11(2)3)4-5-10-8/h4-6H,1-3H3,(H,9,10). The molecule has 1 rings (SSSR count). The number of nitrogens with one attached hydrogen (secondary N) is 1. The number of nitrogens with zero attached hydrogens (tertiary/aromatic N) is 2. The molecule has 1 N–H and O–H groups in total. The monoisotopic (exact) mass is 151 g/mol. The van der Waals surface area contributed by atoms with E-state index in [1.807, 2.05) is 38.2 Å². The van der Waals surface area contributed by atoms with Crippen molar-refractivity contribution in [3.05, 3.63) is 18.3 Å². The van der Waals surface area contributed by atoms with E-state index in [2.05, 4.69) is 10.3 Å². The Kier molecular flexibility index (Phi) is 2.31. The van der Waals surface area contributed by atoms with Gasteiger partial charge in [-0.15, -0.1) is 0 Å². The lowest BCUT2D eigenvalue weighted by Gasteiger charge is -2.12. The van der Waals surface area contributed by atoms with E-state index in [4.69, 9.17) is 0 Å². The van der Waals surface area contributed by atoms with E-state index in [0.29, 0.717) is 0 Å². The van der Waals surface area contributed by atoms with Crippen LogP contribution in [0.25, 0.3) is 0 Å². The predicted octanol–water partition coefficient (Wildman–Crippen LogP) is 1.19. The summed E-state index contributed by atoms with van der Waals surface area (Å²) in [6.07, 6.45) is 1.79. The first-order valence-corrected chi connectivity index (χ1v) is 3.55. The Morgan fingerprint density at radius 3 is 2.73 bits per heavy atom. The fourth-order valence-corrected chi connectivity index (χ4v) is 0.834. The number of hydrogen-bond acceptors (Lipinski definition) is 3. The van der Waals surface area contributed by atoms with Crippen molar-refractivity contribution in [1.82, 2.24) is 4.98 Å². The van der Waals surface area contributed by atoms with E-state index in [9.17, 15) is 0 Å². The van der Waals surface area contributed by atoms with Gasteiger partial charge in [-0.1, -0.05) is 0 Å². The first kappa shape index (κ1) is 7.85. The molecule has 1 heterocycles. The van der Waals surface area contributed by atoms with Crippen molar-refractivity contribution < 1.29 is 0 Å². The van der Waals surface area contributed by atoms with Crippen LogP contribution in [-0.4, -0.2) is 26.1 Å². The van der Waals surface area contributed by atoms with Gasteiger partial charge in [0.1, 0.15) is 5.82 Å². The van der Waals surface area contributed by atoms with Crippen molar-refractivity contribution in [3.8, 4) is 0 Å². The average molecular weight is 151 g/mol. The van der Waals surface area contributed by atoms with Gasteiger partial charge in [0.15, 0.2) is 0 Å². The smallest absolute Gasteiger partial charge is 0.127 e. The zero-order chi connectivity index (χ0) is 8.27. The molecule has 1 aromatic rings. The molecular formula is C8H13N3. The van der Waals surface area contributed by atoms with Crippen LogP contribution in [-0.2, 0) is 0 Å². The molecule has 0 aromatic carbocycles. The molecule has 0 aliphatic heterocycles. The Bertz CT molecular complexity index is 233. The summed E-state index contributed by atoms with van der Waals surface area (Å²) in [5.74, 6) is 0.899. The summed E-state index contributed by atoms with van der Waals surface area (Å²) < 4.78 is 0. The molecule has 0 unspecified atom stereocenters. The van der Waals surface area contributed by atoms with Crippen molar-refractivity contribution in [1.29, 1.82) is 0 Å². The van der Waals surface area contributed by atoms with Crippen molar-refractivity contribution >= 4 is 11.5 Å². The maximum absolute atomic E-state index is 4.10. The second-order valence-electron chi connectivity index (χ2n) is 2.54. The van der Waals surface area contributed by atoms with E-state index in [-0.39, 0.29) is 0 Å². The molecule has 0 atom stereocenters. The normalized spacial score (nSPS) is 9.36. The zero-order valence-corrected chi connectivity index (χ0v) is 7.13. The minimum Gasteiger partial charge on any atom is -0.378 e. The Morgan fingerprint density at radius 1 is 1.45 bits per heavy atom. The molecule has 0 bridgehead atoms. The van der Waals surface area contributed by atoms with E-state index in [1.165, 1.54) is 0 Å². The molecular weight excluding hydrogens is 138 g/mol. The molecule has 0 aliphatic carbocycles. The number of anilines is 2. The third-order valence-electron chi connectivity index (χ3n) is 1.52. The van der Waals surface area contributed by atoms with Gasteiger partial charge in [-0.05, 0) is 6.07 Å². The maximum atomic E-state index is 4.10. The maximum Gasteiger partial charge on any atom is 0.127 e. The summed E-state index contributed by atoms with van der Waals surface area (Å²) in [4.78, 5) is 6.15. The highest BCUT2D eigenvalue weighted by molar-refractivity contribution is 5.52. The molecule has 0 spiro atoms. The minimum absolute atomic E-state index is 0.899. The Morgan fingerprint density at radius 2 is 2.18 bits per heavy atom. The second-order valence-corrected chi connectivity index (χ2v) is 2.54. The van der Waals surface area contributed by atoms with Gasteiger partial charge in [0, 0.05) is 39.1 Å². The molecule has 3 nitrogen and oxygen atoms in total. The van der Waals surface area contributed by atoms with Crippen LogP contribution in [0, 0.1) is 0 Å². The summed E-state index contributed by atoms with van der Waals surface area (Å²) >= 11 is 0.